The predicted octanol–water partition coefficient (Wildman–Crippen LogP) is 1.88. The highest BCUT2D eigenvalue weighted by molar-refractivity contribution is 5.33. The van der Waals surface area contributed by atoms with Gasteiger partial charge in [-0.3, -0.25) is 0 Å². The molecule has 0 atom stereocenters. The summed E-state index contributed by atoms with van der Waals surface area (Å²) in [6.45, 7) is 9.41. The van der Waals surface area contributed by atoms with E-state index in [1.807, 2.05) is 6.20 Å². The molecule has 17 heavy (non-hydrogen) atoms. The van der Waals surface area contributed by atoms with Crippen molar-refractivity contribution in [1.82, 2.24) is 15.3 Å². The lowest BCUT2D eigenvalue weighted by molar-refractivity contribution is 0.584. The minimum Gasteiger partial charge on any atom is -0.341 e. The third kappa shape index (κ3) is 3.16. The van der Waals surface area contributed by atoms with E-state index >= 15 is 0 Å². The monoisotopic (exact) mass is 234 g/mol. The molecule has 1 aliphatic rings. The molecule has 1 aromatic rings. The predicted molar refractivity (Wildman–Crippen MR) is 70.2 cm³/mol. The lowest BCUT2D eigenvalue weighted by atomic mass is 10.2. The fourth-order valence-electron chi connectivity index (χ4n) is 2.04. The van der Waals surface area contributed by atoms with Crippen molar-refractivity contribution < 1.29 is 0 Å². The van der Waals surface area contributed by atoms with Gasteiger partial charge in [0.25, 0.3) is 0 Å². The van der Waals surface area contributed by atoms with Gasteiger partial charge in [-0.2, -0.15) is 0 Å². The quantitative estimate of drug-likeness (QED) is 0.863. The molecule has 1 fully saturated rings. The summed E-state index contributed by atoms with van der Waals surface area (Å²) in [7, 11) is 0. The summed E-state index contributed by atoms with van der Waals surface area (Å²) in [5.41, 5.74) is 2.29. The van der Waals surface area contributed by atoms with Gasteiger partial charge in [-0.1, -0.05) is 13.8 Å². The van der Waals surface area contributed by atoms with Crippen LogP contribution >= 0.6 is 0 Å². The maximum Gasteiger partial charge on any atom is 0.225 e. The van der Waals surface area contributed by atoms with Crippen LogP contribution in [0.2, 0.25) is 0 Å². The molecule has 1 N–H and O–H groups in total. The third-order valence-electron chi connectivity index (χ3n) is 3.16. The molecule has 0 amide bonds. The fourth-order valence-corrected chi connectivity index (χ4v) is 2.04. The Morgan fingerprint density at radius 2 is 2.06 bits per heavy atom. The second kappa shape index (κ2) is 5.45. The van der Waals surface area contributed by atoms with E-state index in [0.717, 1.165) is 31.3 Å². The molecule has 1 aliphatic heterocycles. The molecule has 4 heteroatoms. The zero-order valence-electron chi connectivity index (χ0n) is 11.0. The lowest BCUT2D eigenvalue weighted by Crippen LogP contribution is -2.24. The van der Waals surface area contributed by atoms with Crippen LogP contribution in [-0.2, 0) is 6.54 Å². The topological polar surface area (TPSA) is 41.1 Å². The molecule has 0 aliphatic carbocycles. The normalized spacial score (nSPS) is 15.9. The summed E-state index contributed by atoms with van der Waals surface area (Å²) in [6.07, 6.45) is 4.49. The van der Waals surface area contributed by atoms with Gasteiger partial charge in [0.05, 0.1) is 0 Å². The number of hydrogen-bond donors (Lipinski definition) is 1. The first kappa shape index (κ1) is 12.3. The molecule has 2 rings (SSSR count). The van der Waals surface area contributed by atoms with Crippen LogP contribution < -0.4 is 10.2 Å². The number of aromatic nitrogens is 2. The number of nitrogens with zero attached hydrogens (tertiary/aromatic N) is 3. The highest BCUT2D eigenvalue weighted by Crippen LogP contribution is 2.16. The first-order valence-electron chi connectivity index (χ1n) is 6.47. The van der Waals surface area contributed by atoms with E-state index in [0.29, 0.717) is 6.04 Å². The molecule has 2 heterocycles. The fraction of sp³-hybridized carbons (Fsp3) is 0.692. The van der Waals surface area contributed by atoms with Gasteiger partial charge in [-0.25, -0.2) is 9.97 Å². The van der Waals surface area contributed by atoms with Gasteiger partial charge in [0, 0.05) is 43.1 Å². The Balaban J connectivity index is 2.05. The Bertz CT molecular complexity index is 370. The number of anilines is 1. The minimum atomic E-state index is 0.493. The van der Waals surface area contributed by atoms with Crippen molar-refractivity contribution >= 4 is 5.95 Å². The van der Waals surface area contributed by atoms with E-state index in [1.54, 1.807) is 0 Å². The maximum absolute atomic E-state index is 4.61. The molecule has 1 aromatic heterocycles. The van der Waals surface area contributed by atoms with Crippen molar-refractivity contribution in [2.45, 2.75) is 46.2 Å². The molecular weight excluding hydrogens is 212 g/mol. The number of nitrogens with one attached hydrogen (secondary N) is 1. The number of aryl methyl sites for hydroxylation is 1. The van der Waals surface area contributed by atoms with Crippen LogP contribution in [0, 0.1) is 6.92 Å². The van der Waals surface area contributed by atoms with Crippen LogP contribution in [0.3, 0.4) is 0 Å². The number of hydrogen-bond acceptors (Lipinski definition) is 4. The molecule has 94 valence electrons. The van der Waals surface area contributed by atoms with Crippen molar-refractivity contribution in [1.29, 1.82) is 0 Å². The first-order chi connectivity index (χ1) is 8.16. The second-order valence-electron chi connectivity index (χ2n) is 5.01. The summed E-state index contributed by atoms with van der Waals surface area (Å²) in [6, 6.07) is 0.493. The summed E-state index contributed by atoms with van der Waals surface area (Å²) in [5.74, 6) is 0.897. The van der Waals surface area contributed by atoms with E-state index in [1.165, 1.54) is 18.4 Å². The van der Waals surface area contributed by atoms with E-state index in [-0.39, 0.29) is 0 Å². The Morgan fingerprint density at radius 3 is 2.65 bits per heavy atom. The third-order valence-corrected chi connectivity index (χ3v) is 3.16. The van der Waals surface area contributed by atoms with Crippen LogP contribution in [0.25, 0.3) is 0 Å². The van der Waals surface area contributed by atoms with Crippen LogP contribution in [-0.4, -0.2) is 29.1 Å². The van der Waals surface area contributed by atoms with Crippen LogP contribution in [0.15, 0.2) is 6.20 Å². The van der Waals surface area contributed by atoms with Crippen molar-refractivity contribution in [3.8, 4) is 0 Å². The Hall–Kier alpha value is -1.16. The number of rotatable bonds is 4. The first-order valence-corrected chi connectivity index (χ1v) is 6.47. The Kier molecular flexibility index (Phi) is 3.94. The molecule has 4 nitrogen and oxygen atoms in total. The van der Waals surface area contributed by atoms with E-state index in [4.69, 9.17) is 0 Å². The smallest absolute Gasteiger partial charge is 0.225 e. The van der Waals surface area contributed by atoms with Gasteiger partial charge < -0.3 is 10.2 Å². The van der Waals surface area contributed by atoms with Crippen molar-refractivity contribution in [2.75, 3.05) is 18.0 Å². The van der Waals surface area contributed by atoms with Gasteiger partial charge in [-0.05, 0) is 19.8 Å². The zero-order valence-corrected chi connectivity index (χ0v) is 11.0. The maximum atomic E-state index is 4.61. The highest BCUT2D eigenvalue weighted by Gasteiger charge is 2.15. The molecular formula is C13H22N4. The van der Waals surface area contributed by atoms with Gasteiger partial charge in [0.15, 0.2) is 0 Å². The molecule has 0 saturated carbocycles. The second-order valence-corrected chi connectivity index (χ2v) is 5.01. The molecule has 0 spiro atoms. The molecule has 1 saturated heterocycles. The highest BCUT2D eigenvalue weighted by atomic mass is 15.3. The van der Waals surface area contributed by atoms with Gasteiger partial charge in [0.2, 0.25) is 5.95 Å². The van der Waals surface area contributed by atoms with Crippen molar-refractivity contribution in [2.24, 2.45) is 0 Å². The summed E-state index contributed by atoms with van der Waals surface area (Å²) < 4.78 is 0. The SMILES string of the molecule is Cc1nc(N2CCCC2)ncc1CNC(C)C. The average molecular weight is 234 g/mol. The van der Waals surface area contributed by atoms with Gasteiger partial charge in [-0.15, -0.1) is 0 Å². The lowest BCUT2D eigenvalue weighted by Gasteiger charge is -2.16. The van der Waals surface area contributed by atoms with Crippen molar-refractivity contribution in [3.05, 3.63) is 17.5 Å². The minimum absolute atomic E-state index is 0.493. The van der Waals surface area contributed by atoms with Crippen molar-refractivity contribution in [3.63, 3.8) is 0 Å². The Labute approximate surface area is 103 Å². The zero-order chi connectivity index (χ0) is 12.3. The molecule has 0 radical (unpaired) electrons. The average Bonchev–Trinajstić information content (AvgIpc) is 2.80. The summed E-state index contributed by atoms with van der Waals surface area (Å²) in [5, 5.41) is 3.40. The summed E-state index contributed by atoms with van der Waals surface area (Å²) >= 11 is 0. The van der Waals surface area contributed by atoms with Crippen LogP contribution in [0.1, 0.15) is 37.9 Å². The Morgan fingerprint density at radius 1 is 1.35 bits per heavy atom. The molecule has 0 unspecified atom stereocenters. The van der Waals surface area contributed by atoms with E-state index in [9.17, 15) is 0 Å². The van der Waals surface area contributed by atoms with E-state index < -0.39 is 0 Å². The van der Waals surface area contributed by atoms with Gasteiger partial charge >= 0.3 is 0 Å². The molecule has 0 bridgehead atoms. The van der Waals surface area contributed by atoms with Gasteiger partial charge in [0.1, 0.15) is 0 Å². The standard InChI is InChI=1S/C13H22N4/c1-10(2)14-8-12-9-15-13(16-11(12)3)17-6-4-5-7-17/h9-10,14H,4-8H2,1-3H3. The van der Waals surface area contributed by atoms with Crippen LogP contribution in [0.4, 0.5) is 5.95 Å². The van der Waals surface area contributed by atoms with Crippen LogP contribution in [0.5, 0.6) is 0 Å². The summed E-state index contributed by atoms with van der Waals surface area (Å²) in [4.78, 5) is 11.4. The van der Waals surface area contributed by atoms with E-state index in [2.05, 4.69) is 41.0 Å². The molecule has 0 aromatic carbocycles. The largest absolute Gasteiger partial charge is 0.341 e.